The summed E-state index contributed by atoms with van der Waals surface area (Å²) in [5, 5.41) is 9.15. The molecule has 1 aliphatic heterocycles. The number of amides is 2. The van der Waals surface area contributed by atoms with Crippen LogP contribution in [0.25, 0.3) is 0 Å². The largest absolute Gasteiger partial charge is 0.478 e. The molecule has 104 valence electrons. The van der Waals surface area contributed by atoms with Crippen molar-refractivity contribution >= 4 is 35.1 Å². The SMILES string of the molecule is O=C(O)c1cc(N2C(=O)C3CCC(C3)C2=O)ccc1Cl. The van der Waals surface area contributed by atoms with Gasteiger partial charge in [-0.3, -0.25) is 14.5 Å². The molecule has 0 spiro atoms. The Kier molecular flexibility index (Phi) is 3.01. The van der Waals surface area contributed by atoms with Crippen molar-refractivity contribution in [3.05, 3.63) is 28.8 Å². The van der Waals surface area contributed by atoms with Crippen molar-refractivity contribution in [2.24, 2.45) is 11.8 Å². The molecule has 1 aromatic rings. The van der Waals surface area contributed by atoms with Gasteiger partial charge in [0.05, 0.1) is 16.3 Å². The number of anilines is 1. The van der Waals surface area contributed by atoms with Crippen LogP contribution in [0.4, 0.5) is 5.69 Å². The van der Waals surface area contributed by atoms with Crippen LogP contribution in [0.15, 0.2) is 18.2 Å². The monoisotopic (exact) mass is 293 g/mol. The zero-order chi connectivity index (χ0) is 14.4. The van der Waals surface area contributed by atoms with Crippen molar-refractivity contribution in [3.63, 3.8) is 0 Å². The Morgan fingerprint density at radius 3 is 2.35 bits per heavy atom. The molecule has 1 saturated carbocycles. The Bertz CT molecular complexity index is 606. The normalized spacial score (nSPS) is 25.1. The van der Waals surface area contributed by atoms with Gasteiger partial charge < -0.3 is 5.11 Å². The summed E-state index contributed by atoms with van der Waals surface area (Å²) in [6, 6.07) is 4.19. The molecule has 1 aromatic carbocycles. The van der Waals surface area contributed by atoms with Crippen molar-refractivity contribution in [2.45, 2.75) is 19.3 Å². The number of carbonyl (C=O) groups excluding carboxylic acids is 2. The number of piperidine rings is 1. The number of carboxylic acids is 1. The van der Waals surface area contributed by atoms with Crippen molar-refractivity contribution in [2.75, 3.05) is 4.90 Å². The van der Waals surface area contributed by atoms with Gasteiger partial charge >= 0.3 is 5.97 Å². The molecule has 3 rings (SSSR count). The molecule has 1 aliphatic carbocycles. The van der Waals surface area contributed by atoms with Gasteiger partial charge in [-0.25, -0.2) is 4.79 Å². The van der Waals surface area contributed by atoms with Crippen LogP contribution in [0.5, 0.6) is 0 Å². The van der Waals surface area contributed by atoms with Gasteiger partial charge in [-0.05, 0) is 37.5 Å². The highest BCUT2D eigenvalue weighted by Gasteiger charge is 2.45. The number of carboxylic acid groups (broad SMARTS) is 1. The Hall–Kier alpha value is -1.88. The quantitative estimate of drug-likeness (QED) is 0.849. The number of imide groups is 1. The molecule has 2 amide bonds. The first-order chi connectivity index (χ1) is 9.49. The van der Waals surface area contributed by atoms with Gasteiger partial charge in [-0.1, -0.05) is 11.6 Å². The molecular weight excluding hydrogens is 282 g/mol. The number of hydrogen-bond donors (Lipinski definition) is 1. The summed E-state index contributed by atoms with van der Waals surface area (Å²) in [7, 11) is 0. The number of hydrogen-bond acceptors (Lipinski definition) is 3. The predicted octanol–water partition coefficient (Wildman–Crippen LogP) is 2.33. The van der Waals surface area contributed by atoms with Crippen LogP contribution in [0, 0.1) is 11.8 Å². The number of halogens is 1. The highest BCUT2D eigenvalue weighted by Crippen LogP contribution is 2.40. The lowest BCUT2D eigenvalue weighted by atomic mass is 9.96. The van der Waals surface area contributed by atoms with E-state index in [1.807, 2.05) is 0 Å². The third-order valence-corrected chi connectivity index (χ3v) is 4.34. The average Bonchev–Trinajstić information content (AvgIpc) is 2.85. The van der Waals surface area contributed by atoms with Crippen molar-refractivity contribution in [1.82, 2.24) is 0 Å². The molecule has 5 nitrogen and oxygen atoms in total. The van der Waals surface area contributed by atoms with Crippen LogP contribution in [-0.4, -0.2) is 22.9 Å². The van der Waals surface area contributed by atoms with Gasteiger partial charge in [-0.2, -0.15) is 0 Å². The first-order valence-electron chi connectivity index (χ1n) is 6.39. The summed E-state index contributed by atoms with van der Waals surface area (Å²) in [5.41, 5.74) is 0.182. The maximum Gasteiger partial charge on any atom is 0.337 e. The van der Waals surface area contributed by atoms with Crippen molar-refractivity contribution < 1.29 is 19.5 Å². The minimum Gasteiger partial charge on any atom is -0.478 e. The van der Waals surface area contributed by atoms with Crippen molar-refractivity contribution in [3.8, 4) is 0 Å². The summed E-state index contributed by atoms with van der Waals surface area (Å²) in [6.45, 7) is 0. The van der Waals surface area contributed by atoms with E-state index in [0.29, 0.717) is 12.1 Å². The molecule has 2 atom stereocenters. The second-order valence-electron chi connectivity index (χ2n) is 5.19. The lowest BCUT2D eigenvalue weighted by Crippen LogP contribution is -2.46. The molecule has 2 aliphatic rings. The van der Waals surface area contributed by atoms with E-state index in [0.717, 1.165) is 17.7 Å². The summed E-state index contributed by atoms with van der Waals surface area (Å²) in [6.07, 6.45) is 2.07. The van der Waals surface area contributed by atoms with Gasteiger partial charge in [-0.15, -0.1) is 0 Å². The van der Waals surface area contributed by atoms with Crippen molar-refractivity contribution in [1.29, 1.82) is 0 Å². The number of benzene rings is 1. The number of rotatable bonds is 2. The Balaban J connectivity index is 2.04. The number of carbonyl (C=O) groups is 3. The Labute approximate surface area is 120 Å². The zero-order valence-electron chi connectivity index (χ0n) is 10.5. The zero-order valence-corrected chi connectivity index (χ0v) is 11.3. The third-order valence-electron chi connectivity index (χ3n) is 4.01. The van der Waals surface area contributed by atoms with Gasteiger partial charge in [0.1, 0.15) is 0 Å². The van der Waals surface area contributed by atoms with Crippen LogP contribution in [0.2, 0.25) is 5.02 Å². The second kappa shape index (κ2) is 4.59. The van der Waals surface area contributed by atoms with E-state index in [1.165, 1.54) is 18.2 Å². The molecule has 1 saturated heterocycles. The molecule has 0 radical (unpaired) electrons. The fourth-order valence-corrected chi connectivity index (χ4v) is 3.17. The van der Waals surface area contributed by atoms with E-state index < -0.39 is 5.97 Å². The molecule has 0 aromatic heterocycles. The number of aromatic carboxylic acids is 1. The highest BCUT2D eigenvalue weighted by atomic mass is 35.5. The van der Waals surface area contributed by atoms with Crippen LogP contribution >= 0.6 is 11.6 Å². The Morgan fingerprint density at radius 1 is 1.20 bits per heavy atom. The fourth-order valence-electron chi connectivity index (χ4n) is 2.97. The predicted molar refractivity (Wildman–Crippen MR) is 71.7 cm³/mol. The first kappa shape index (κ1) is 13.1. The second-order valence-corrected chi connectivity index (χ2v) is 5.60. The minimum atomic E-state index is -1.18. The van der Waals surface area contributed by atoms with Gasteiger partial charge in [0, 0.05) is 11.8 Å². The van der Waals surface area contributed by atoms with Gasteiger partial charge in [0.15, 0.2) is 0 Å². The summed E-state index contributed by atoms with van der Waals surface area (Å²) in [5.74, 6) is -1.90. The minimum absolute atomic E-state index is 0.0844. The van der Waals surface area contributed by atoms with Crippen LogP contribution in [0.3, 0.4) is 0 Å². The van der Waals surface area contributed by atoms with Crippen LogP contribution in [0.1, 0.15) is 29.6 Å². The molecule has 2 fully saturated rings. The van der Waals surface area contributed by atoms with Gasteiger partial charge in [0.2, 0.25) is 11.8 Å². The van der Waals surface area contributed by atoms with E-state index in [4.69, 9.17) is 16.7 Å². The first-order valence-corrected chi connectivity index (χ1v) is 6.77. The standard InChI is InChI=1S/C14H12ClNO4/c15-11-4-3-9(6-10(11)14(19)20)16-12(17)7-1-2-8(5-7)13(16)18/h3-4,6-8H,1-2,5H2,(H,19,20). The fraction of sp³-hybridized carbons (Fsp3) is 0.357. The maximum atomic E-state index is 12.3. The molecule has 2 bridgehead atoms. The van der Waals surface area contributed by atoms with E-state index in [2.05, 4.69) is 0 Å². The summed E-state index contributed by atoms with van der Waals surface area (Å²) < 4.78 is 0. The smallest absolute Gasteiger partial charge is 0.337 e. The molecule has 6 heteroatoms. The molecule has 20 heavy (non-hydrogen) atoms. The average molecular weight is 294 g/mol. The van der Waals surface area contributed by atoms with Crippen LogP contribution in [-0.2, 0) is 9.59 Å². The van der Waals surface area contributed by atoms with Crippen LogP contribution < -0.4 is 4.90 Å². The highest BCUT2D eigenvalue weighted by molar-refractivity contribution is 6.33. The lowest BCUT2D eigenvalue weighted by molar-refractivity contribution is -0.133. The maximum absolute atomic E-state index is 12.3. The molecular formula is C14H12ClNO4. The number of nitrogens with zero attached hydrogens (tertiary/aromatic N) is 1. The van der Waals surface area contributed by atoms with E-state index in [-0.39, 0.29) is 34.2 Å². The lowest BCUT2D eigenvalue weighted by Gasteiger charge is -2.29. The summed E-state index contributed by atoms with van der Waals surface area (Å²) in [4.78, 5) is 36.8. The Morgan fingerprint density at radius 2 is 1.80 bits per heavy atom. The molecule has 1 N–H and O–H groups in total. The molecule has 1 heterocycles. The van der Waals surface area contributed by atoms with E-state index in [9.17, 15) is 14.4 Å². The van der Waals surface area contributed by atoms with E-state index >= 15 is 0 Å². The van der Waals surface area contributed by atoms with E-state index in [1.54, 1.807) is 0 Å². The third kappa shape index (κ3) is 1.89. The summed E-state index contributed by atoms with van der Waals surface area (Å²) >= 11 is 5.80. The topological polar surface area (TPSA) is 74.7 Å². The van der Waals surface area contributed by atoms with Gasteiger partial charge in [0.25, 0.3) is 0 Å². The number of fused-ring (bicyclic) bond motifs is 2. The molecule has 2 unspecified atom stereocenters.